The van der Waals surface area contributed by atoms with Crippen LogP contribution in [0.15, 0.2) is 48.7 Å². The SMILES string of the molecule is CC1(c2ccc(Nc3nc(N4CCCC(N5CCN(C6COC6)C5=O)C4)cnc3C(N)=O)cc2)CCN(C2CCN(c3ccc4c(c3)C(=O)N(C3CCC(=O)NC3=O)C4=O)CC2)CC1. The summed E-state index contributed by atoms with van der Waals surface area (Å²) in [6.45, 7) is 9.97. The predicted octanol–water partition coefficient (Wildman–Crippen LogP) is 2.85. The summed E-state index contributed by atoms with van der Waals surface area (Å²) in [4.78, 5) is 97.8. The molecule has 0 radical (unpaired) electrons. The number of likely N-dealkylation sites (tertiary alicyclic amines) is 1. The minimum atomic E-state index is -0.982. The summed E-state index contributed by atoms with van der Waals surface area (Å²) in [5.74, 6) is -1.72. The number of nitrogens with zero attached hydrogens (tertiary/aromatic N) is 8. The summed E-state index contributed by atoms with van der Waals surface area (Å²) in [5.41, 5.74) is 9.34. The number of hydrogen-bond donors (Lipinski definition) is 3. The molecule has 7 aliphatic heterocycles. The second kappa shape index (κ2) is 16.8. The van der Waals surface area contributed by atoms with Gasteiger partial charge in [-0.1, -0.05) is 19.1 Å². The molecule has 8 heterocycles. The smallest absolute Gasteiger partial charge is 0.320 e. The van der Waals surface area contributed by atoms with E-state index in [-0.39, 0.29) is 42.1 Å². The van der Waals surface area contributed by atoms with Crippen LogP contribution in [0.3, 0.4) is 0 Å². The third-order valence-corrected chi connectivity index (χ3v) is 14.8. The fourth-order valence-corrected chi connectivity index (χ4v) is 10.8. The Bertz CT molecular complexity index is 2370. The van der Waals surface area contributed by atoms with Gasteiger partial charge in [-0.15, -0.1) is 0 Å². The second-order valence-corrected chi connectivity index (χ2v) is 18.6. The molecule has 6 fully saturated rings. The number of carbonyl (C=O) groups is 6. The molecule has 0 saturated carbocycles. The number of aromatic nitrogens is 2. The highest BCUT2D eigenvalue weighted by Gasteiger charge is 2.45. The summed E-state index contributed by atoms with van der Waals surface area (Å²) >= 11 is 0. The molecule has 336 valence electrons. The van der Waals surface area contributed by atoms with Crippen molar-refractivity contribution in [2.45, 2.75) is 87.9 Å². The summed E-state index contributed by atoms with van der Waals surface area (Å²) in [5, 5.41) is 5.58. The van der Waals surface area contributed by atoms with Crippen LogP contribution in [0.1, 0.15) is 95.1 Å². The molecule has 18 heteroatoms. The highest BCUT2D eigenvalue weighted by atomic mass is 16.5. The Morgan fingerprint density at radius 3 is 2.22 bits per heavy atom. The van der Waals surface area contributed by atoms with Crippen molar-refractivity contribution in [3.8, 4) is 0 Å². The molecule has 64 heavy (non-hydrogen) atoms. The number of amides is 7. The zero-order valence-electron chi connectivity index (χ0n) is 36.2. The summed E-state index contributed by atoms with van der Waals surface area (Å²) in [6.07, 6.45) is 7.62. The zero-order valence-corrected chi connectivity index (χ0v) is 36.2. The Morgan fingerprint density at radius 2 is 1.53 bits per heavy atom. The van der Waals surface area contributed by atoms with Crippen molar-refractivity contribution < 1.29 is 33.5 Å². The third kappa shape index (κ3) is 7.69. The van der Waals surface area contributed by atoms with Crippen molar-refractivity contribution in [1.82, 2.24) is 34.9 Å². The Morgan fingerprint density at radius 1 is 0.812 bits per heavy atom. The maximum atomic E-state index is 13.4. The van der Waals surface area contributed by atoms with Crippen LogP contribution in [0.2, 0.25) is 0 Å². The van der Waals surface area contributed by atoms with E-state index in [1.165, 1.54) is 5.56 Å². The van der Waals surface area contributed by atoms with Crippen LogP contribution in [0.4, 0.5) is 27.8 Å². The van der Waals surface area contributed by atoms with Gasteiger partial charge in [0.15, 0.2) is 11.5 Å². The number of nitrogens with two attached hydrogens (primary N) is 1. The lowest BCUT2D eigenvalue weighted by molar-refractivity contribution is -0.136. The average molecular weight is 874 g/mol. The van der Waals surface area contributed by atoms with Crippen LogP contribution in [-0.2, 0) is 19.7 Å². The molecule has 0 bridgehead atoms. The maximum absolute atomic E-state index is 13.4. The lowest BCUT2D eigenvalue weighted by atomic mass is 9.74. The lowest BCUT2D eigenvalue weighted by Gasteiger charge is -2.45. The maximum Gasteiger partial charge on any atom is 0.320 e. The quantitative estimate of drug-likeness (QED) is 0.251. The molecule has 6 saturated heterocycles. The van der Waals surface area contributed by atoms with Gasteiger partial charge in [-0.05, 0) is 99.3 Å². The van der Waals surface area contributed by atoms with Crippen molar-refractivity contribution in [3.05, 3.63) is 71.0 Å². The number of fused-ring (bicyclic) bond motifs is 1. The van der Waals surface area contributed by atoms with Crippen molar-refractivity contribution in [2.75, 3.05) is 80.7 Å². The molecule has 0 spiro atoms. The van der Waals surface area contributed by atoms with Crippen LogP contribution in [0.5, 0.6) is 0 Å². The van der Waals surface area contributed by atoms with Gasteiger partial charge >= 0.3 is 6.03 Å². The lowest BCUT2D eigenvalue weighted by Crippen LogP contribution is -2.54. The number of nitrogens with one attached hydrogen (secondary N) is 2. The van der Waals surface area contributed by atoms with Gasteiger partial charge < -0.3 is 40.3 Å². The number of ether oxygens (including phenoxy) is 1. The average Bonchev–Trinajstić information content (AvgIpc) is 3.77. The molecule has 7 amide bonds. The highest BCUT2D eigenvalue weighted by Crippen LogP contribution is 2.38. The molecule has 1 aromatic heterocycles. The minimum Gasteiger partial charge on any atom is -0.377 e. The van der Waals surface area contributed by atoms with Crippen LogP contribution < -0.4 is 26.2 Å². The van der Waals surface area contributed by atoms with Gasteiger partial charge in [-0.2, -0.15) is 0 Å². The molecule has 4 N–H and O–H groups in total. The molecule has 2 atom stereocenters. The number of rotatable bonds is 10. The zero-order chi connectivity index (χ0) is 44.3. The fourth-order valence-electron chi connectivity index (χ4n) is 10.8. The van der Waals surface area contributed by atoms with Crippen molar-refractivity contribution in [2.24, 2.45) is 5.73 Å². The normalized spacial score (nSPS) is 24.6. The number of primary amides is 1. The topological polar surface area (TPSA) is 207 Å². The van der Waals surface area contributed by atoms with Crippen LogP contribution >= 0.6 is 0 Å². The Kier molecular flexibility index (Phi) is 11.0. The monoisotopic (exact) mass is 873 g/mol. The van der Waals surface area contributed by atoms with Gasteiger partial charge in [0.05, 0.1) is 42.6 Å². The van der Waals surface area contributed by atoms with Gasteiger partial charge in [0.2, 0.25) is 11.8 Å². The first-order chi connectivity index (χ1) is 30.9. The number of urea groups is 1. The molecule has 7 aliphatic rings. The van der Waals surface area contributed by atoms with Gasteiger partial charge in [0.1, 0.15) is 11.9 Å². The van der Waals surface area contributed by atoms with E-state index >= 15 is 0 Å². The van der Waals surface area contributed by atoms with Crippen LogP contribution in [0, 0.1) is 0 Å². The fraction of sp³-hybridized carbons (Fsp3) is 0.522. The molecule has 18 nitrogen and oxygen atoms in total. The minimum absolute atomic E-state index is 0.00580. The number of hydrogen-bond acceptors (Lipinski definition) is 13. The first kappa shape index (κ1) is 41.8. The molecule has 3 aromatic rings. The van der Waals surface area contributed by atoms with Crippen LogP contribution in [-0.4, -0.2) is 155 Å². The first-order valence-electron chi connectivity index (χ1n) is 22.7. The molecule has 2 unspecified atom stereocenters. The molecule has 2 aromatic carbocycles. The predicted molar refractivity (Wildman–Crippen MR) is 235 cm³/mol. The highest BCUT2D eigenvalue weighted by molar-refractivity contribution is 6.23. The van der Waals surface area contributed by atoms with E-state index in [4.69, 9.17) is 15.5 Å². The van der Waals surface area contributed by atoms with E-state index in [2.05, 4.69) is 49.4 Å². The van der Waals surface area contributed by atoms with Crippen molar-refractivity contribution >= 4 is 58.6 Å². The van der Waals surface area contributed by atoms with Crippen LogP contribution in [0.25, 0.3) is 0 Å². The Labute approximate surface area is 371 Å². The number of piperidine rings is 4. The second-order valence-electron chi connectivity index (χ2n) is 18.6. The first-order valence-corrected chi connectivity index (χ1v) is 22.7. The van der Waals surface area contributed by atoms with E-state index in [9.17, 15) is 28.8 Å². The number of benzene rings is 2. The van der Waals surface area contributed by atoms with E-state index in [1.807, 2.05) is 28.0 Å². The van der Waals surface area contributed by atoms with Crippen molar-refractivity contribution in [1.29, 1.82) is 0 Å². The van der Waals surface area contributed by atoms with E-state index in [0.29, 0.717) is 55.1 Å². The van der Waals surface area contributed by atoms with Gasteiger partial charge in [0, 0.05) is 63.1 Å². The van der Waals surface area contributed by atoms with E-state index in [1.54, 1.807) is 18.3 Å². The molecular weight excluding hydrogens is 819 g/mol. The van der Waals surface area contributed by atoms with E-state index < -0.39 is 35.6 Å². The molecule has 0 aliphatic carbocycles. The number of imide groups is 2. The van der Waals surface area contributed by atoms with Crippen molar-refractivity contribution in [3.63, 3.8) is 0 Å². The standard InChI is InChI=1S/C46H55N11O7/c1-46(14-19-53(20-15-46)30-12-17-52(18-13-30)31-8-9-34-35(23-31)44(62)57(43(34)61)36-10-11-38(58)51-42(36)60)28-4-6-29(7-5-28)49-41-39(40(47)59)48-24-37(50-41)54-16-2-3-32(25-54)55-21-22-56(45(55)63)33-26-64-27-33/h4-9,23-24,30,32-33,36H,2-3,10-22,25-27H2,1H3,(H2,47,59)(H,49,50)(H,51,58,60). The molecule has 10 rings (SSSR count). The summed E-state index contributed by atoms with van der Waals surface area (Å²) < 4.78 is 5.33. The van der Waals surface area contributed by atoms with Gasteiger partial charge in [-0.3, -0.25) is 34.2 Å². The summed E-state index contributed by atoms with van der Waals surface area (Å²) in [7, 11) is 0. The Hall–Kier alpha value is -6.14. The van der Waals surface area contributed by atoms with Gasteiger partial charge in [0.25, 0.3) is 17.7 Å². The number of anilines is 4. The van der Waals surface area contributed by atoms with E-state index in [0.717, 1.165) is 94.1 Å². The Balaban J connectivity index is 0.732. The third-order valence-electron chi connectivity index (χ3n) is 14.8. The largest absolute Gasteiger partial charge is 0.377 e. The summed E-state index contributed by atoms with van der Waals surface area (Å²) in [6, 6.07) is 13.5. The molecular formula is C46H55N11O7. The van der Waals surface area contributed by atoms with Gasteiger partial charge in [-0.25, -0.2) is 14.8 Å². The number of carbonyl (C=O) groups excluding carboxylic acids is 6.